The minimum Gasteiger partial charge on any atom is -0.478 e. The van der Waals surface area contributed by atoms with Crippen molar-refractivity contribution in [3.8, 4) is 0 Å². The highest BCUT2D eigenvalue weighted by atomic mass is 79.9. The highest BCUT2D eigenvalue weighted by Crippen LogP contribution is 2.30. The first-order valence-corrected chi connectivity index (χ1v) is 7.45. The first-order chi connectivity index (χ1) is 9.47. The van der Waals surface area contributed by atoms with Crippen LogP contribution in [0.2, 0.25) is 0 Å². The second-order valence-corrected chi connectivity index (χ2v) is 5.96. The summed E-state index contributed by atoms with van der Waals surface area (Å²) < 4.78 is 14.3. The van der Waals surface area contributed by atoms with E-state index in [0.29, 0.717) is 20.8 Å². The summed E-state index contributed by atoms with van der Waals surface area (Å²) in [5, 5.41) is 8.88. The molecule has 0 atom stereocenters. The summed E-state index contributed by atoms with van der Waals surface area (Å²) in [5.74, 6) is -0.802. The number of benzene rings is 2. The second-order valence-electron chi connectivity index (χ2n) is 4.09. The summed E-state index contributed by atoms with van der Waals surface area (Å²) in [4.78, 5) is 11.3. The third kappa shape index (κ3) is 3.52. The predicted molar refractivity (Wildman–Crippen MR) is 81.5 cm³/mol. The SMILES string of the molecule is Nc1ccc(SCc2ccc(C(=O)O)cc2Br)c(F)c1. The molecule has 0 aliphatic carbocycles. The van der Waals surface area contributed by atoms with Crippen LogP contribution < -0.4 is 5.73 Å². The quantitative estimate of drug-likeness (QED) is 0.638. The first-order valence-electron chi connectivity index (χ1n) is 5.67. The zero-order valence-electron chi connectivity index (χ0n) is 10.3. The van der Waals surface area contributed by atoms with Crippen molar-refractivity contribution in [2.75, 3.05) is 5.73 Å². The van der Waals surface area contributed by atoms with E-state index in [1.54, 1.807) is 18.2 Å². The molecule has 104 valence electrons. The number of nitrogens with two attached hydrogens (primary N) is 1. The standard InChI is InChI=1S/C14H11BrFNO2S/c15-11-5-8(14(18)19)1-2-9(11)7-20-13-4-3-10(17)6-12(13)16/h1-6H,7,17H2,(H,18,19). The molecule has 3 nitrogen and oxygen atoms in total. The highest BCUT2D eigenvalue weighted by molar-refractivity contribution is 9.10. The molecule has 0 aromatic heterocycles. The maximum absolute atomic E-state index is 13.6. The number of rotatable bonds is 4. The molecule has 0 radical (unpaired) electrons. The van der Waals surface area contributed by atoms with E-state index >= 15 is 0 Å². The monoisotopic (exact) mass is 355 g/mol. The lowest BCUT2D eigenvalue weighted by Crippen LogP contribution is -1.97. The normalized spacial score (nSPS) is 10.5. The van der Waals surface area contributed by atoms with Gasteiger partial charge in [0, 0.05) is 20.8 Å². The van der Waals surface area contributed by atoms with E-state index in [4.69, 9.17) is 10.8 Å². The Morgan fingerprint density at radius 3 is 2.65 bits per heavy atom. The molecule has 0 saturated heterocycles. The smallest absolute Gasteiger partial charge is 0.335 e. The van der Waals surface area contributed by atoms with Crippen LogP contribution in [-0.4, -0.2) is 11.1 Å². The second kappa shape index (κ2) is 6.28. The van der Waals surface area contributed by atoms with Crippen molar-refractivity contribution in [2.45, 2.75) is 10.6 Å². The number of thioether (sulfide) groups is 1. The van der Waals surface area contributed by atoms with Gasteiger partial charge >= 0.3 is 5.97 Å². The molecule has 6 heteroatoms. The van der Waals surface area contributed by atoms with Crippen LogP contribution in [0.25, 0.3) is 0 Å². The largest absolute Gasteiger partial charge is 0.478 e. The van der Waals surface area contributed by atoms with Gasteiger partial charge in [-0.15, -0.1) is 11.8 Å². The van der Waals surface area contributed by atoms with Crippen molar-refractivity contribution in [1.82, 2.24) is 0 Å². The third-order valence-corrected chi connectivity index (χ3v) is 4.47. The van der Waals surface area contributed by atoms with Gasteiger partial charge in [-0.3, -0.25) is 0 Å². The lowest BCUT2D eigenvalue weighted by molar-refractivity contribution is 0.0697. The van der Waals surface area contributed by atoms with Gasteiger partial charge in [-0.2, -0.15) is 0 Å². The highest BCUT2D eigenvalue weighted by Gasteiger charge is 2.09. The predicted octanol–water partition coefficient (Wildman–Crippen LogP) is 4.16. The van der Waals surface area contributed by atoms with E-state index in [2.05, 4.69) is 15.9 Å². The minimum atomic E-state index is -0.977. The molecule has 0 fully saturated rings. The number of aromatic carboxylic acids is 1. The number of carboxylic acid groups (broad SMARTS) is 1. The number of hydrogen-bond donors (Lipinski definition) is 2. The number of anilines is 1. The molecule has 0 heterocycles. The number of halogens is 2. The van der Waals surface area contributed by atoms with Crippen molar-refractivity contribution < 1.29 is 14.3 Å². The van der Waals surface area contributed by atoms with Gasteiger partial charge in [0.15, 0.2) is 0 Å². The summed E-state index contributed by atoms with van der Waals surface area (Å²) in [6, 6.07) is 9.35. The molecule has 0 aliphatic heterocycles. The number of carboxylic acids is 1. The molecule has 0 saturated carbocycles. The Morgan fingerprint density at radius 2 is 2.05 bits per heavy atom. The molecule has 0 bridgehead atoms. The van der Waals surface area contributed by atoms with Crippen LogP contribution in [0.5, 0.6) is 0 Å². The summed E-state index contributed by atoms with van der Waals surface area (Å²) in [7, 11) is 0. The van der Waals surface area contributed by atoms with E-state index in [0.717, 1.165) is 5.56 Å². The maximum atomic E-state index is 13.6. The van der Waals surface area contributed by atoms with Crippen molar-refractivity contribution in [1.29, 1.82) is 0 Å². The molecule has 0 aliphatic rings. The average molecular weight is 356 g/mol. The Kier molecular flexibility index (Phi) is 4.67. The van der Waals surface area contributed by atoms with E-state index in [1.165, 1.54) is 30.0 Å². The lowest BCUT2D eigenvalue weighted by atomic mass is 10.1. The van der Waals surface area contributed by atoms with Gasteiger partial charge in [-0.25, -0.2) is 9.18 Å². The third-order valence-electron chi connectivity index (χ3n) is 2.64. The Labute approximate surface area is 128 Å². The zero-order valence-corrected chi connectivity index (χ0v) is 12.7. The van der Waals surface area contributed by atoms with Crippen LogP contribution in [-0.2, 0) is 5.75 Å². The van der Waals surface area contributed by atoms with Crippen LogP contribution in [0, 0.1) is 5.82 Å². The molecule has 2 aromatic carbocycles. The summed E-state index contributed by atoms with van der Waals surface area (Å²) in [6.45, 7) is 0. The van der Waals surface area contributed by atoms with Gasteiger partial charge in [0.2, 0.25) is 0 Å². The molecular weight excluding hydrogens is 345 g/mol. The van der Waals surface area contributed by atoms with Crippen LogP contribution in [0.4, 0.5) is 10.1 Å². The van der Waals surface area contributed by atoms with Crippen LogP contribution in [0.3, 0.4) is 0 Å². The molecule has 0 unspecified atom stereocenters. The Morgan fingerprint density at radius 1 is 1.30 bits per heavy atom. The van der Waals surface area contributed by atoms with E-state index in [9.17, 15) is 9.18 Å². The van der Waals surface area contributed by atoms with Gasteiger partial charge in [0.05, 0.1) is 5.56 Å². The molecule has 0 amide bonds. The van der Waals surface area contributed by atoms with Crippen molar-refractivity contribution in [2.24, 2.45) is 0 Å². The molecule has 0 spiro atoms. The van der Waals surface area contributed by atoms with Crippen molar-refractivity contribution in [3.05, 3.63) is 57.8 Å². The van der Waals surface area contributed by atoms with Crippen LogP contribution in [0.1, 0.15) is 15.9 Å². The number of hydrogen-bond acceptors (Lipinski definition) is 3. The fraction of sp³-hybridized carbons (Fsp3) is 0.0714. The fourth-order valence-electron chi connectivity index (χ4n) is 1.59. The summed E-state index contributed by atoms with van der Waals surface area (Å²) >= 11 is 4.66. The zero-order chi connectivity index (χ0) is 14.7. The average Bonchev–Trinajstić information content (AvgIpc) is 2.38. The van der Waals surface area contributed by atoms with E-state index in [-0.39, 0.29) is 11.4 Å². The fourth-order valence-corrected chi connectivity index (χ4v) is 3.22. The molecule has 2 aromatic rings. The minimum absolute atomic E-state index is 0.212. The van der Waals surface area contributed by atoms with Gasteiger partial charge in [-0.05, 0) is 35.9 Å². The van der Waals surface area contributed by atoms with Gasteiger partial charge in [-0.1, -0.05) is 22.0 Å². The molecule has 20 heavy (non-hydrogen) atoms. The van der Waals surface area contributed by atoms with Gasteiger partial charge in [0.1, 0.15) is 5.82 Å². The maximum Gasteiger partial charge on any atom is 0.335 e. The Bertz CT molecular complexity index is 664. The summed E-state index contributed by atoms with van der Waals surface area (Å²) in [6.07, 6.45) is 0. The number of carbonyl (C=O) groups is 1. The Balaban J connectivity index is 2.13. The molecule has 2 rings (SSSR count). The van der Waals surface area contributed by atoms with Crippen molar-refractivity contribution >= 4 is 39.3 Å². The van der Waals surface area contributed by atoms with Gasteiger partial charge in [0.25, 0.3) is 0 Å². The van der Waals surface area contributed by atoms with E-state index < -0.39 is 5.97 Å². The van der Waals surface area contributed by atoms with Crippen LogP contribution >= 0.6 is 27.7 Å². The molecular formula is C14H11BrFNO2S. The van der Waals surface area contributed by atoms with Crippen molar-refractivity contribution in [3.63, 3.8) is 0 Å². The van der Waals surface area contributed by atoms with Crippen LogP contribution in [0.15, 0.2) is 45.8 Å². The topological polar surface area (TPSA) is 63.3 Å². The molecule has 3 N–H and O–H groups in total. The lowest BCUT2D eigenvalue weighted by Gasteiger charge is -2.07. The number of nitrogen functional groups attached to an aromatic ring is 1. The van der Waals surface area contributed by atoms with Gasteiger partial charge < -0.3 is 10.8 Å². The first kappa shape index (κ1) is 14.9. The Hall–Kier alpha value is -1.53. The summed E-state index contributed by atoms with van der Waals surface area (Å²) in [5.41, 5.74) is 6.99. The van der Waals surface area contributed by atoms with E-state index in [1.807, 2.05) is 0 Å².